The molecule has 16 heavy (non-hydrogen) atoms. The summed E-state index contributed by atoms with van der Waals surface area (Å²) in [6.07, 6.45) is 0.913. The standard InChI is InChI=1S/C11H12FN3O/c12-8-4-1-2-5-9(8)15-11(16)10-13-6-3-7-14-10/h1-2,4-5H,3,6-7H2,(H,13,14)(H,15,16). The van der Waals surface area contributed by atoms with E-state index in [-0.39, 0.29) is 11.5 Å². The number of hydrogen-bond donors (Lipinski definition) is 2. The van der Waals surface area contributed by atoms with Gasteiger partial charge in [0.25, 0.3) is 5.91 Å². The molecule has 1 aromatic rings. The molecule has 2 N–H and O–H groups in total. The number of benzene rings is 1. The van der Waals surface area contributed by atoms with E-state index in [0.29, 0.717) is 6.54 Å². The van der Waals surface area contributed by atoms with Crippen LogP contribution in [0.2, 0.25) is 0 Å². The van der Waals surface area contributed by atoms with E-state index in [4.69, 9.17) is 0 Å². The first kappa shape index (κ1) is 10.6. The molecule has 1 amide bonds. The maximum absolute atomic E-state index is 13.2. The number of carbonyl (C=O) groups is 1. The Kier molecular flexibility index (Phi) is 3.14. The second-order valence-electron chi connectivity index (χ2n) is 3.44. The Morgan fingerprint density at radius 1 is 1.44 bits per heavy atom. The smallest absolute Gasteiger partial charge is 0.290 e. The van der Waals surface area contributed by atoms with Crippen LogP contribution in [0.5, 0.6) is 0 Å². The lowest BCUT2D eigenvalue weighted by molar-refractivity contribution is -0.110. The van der Waals surface area contributed by atoms with Crippen LogP contribution in [0.15, 0.2) is 29.3 Å². The van der Waals surface area contributed by atoms with Crippen molar-refractivity contribution >= 4 is 17.4 Å². The summed E-state index contributed by atoms with van der Waals surface area (Å²) in [4.78, 5) is 15.7. The number of amidine groups is 1. The quantitative estimate of drug-likeness (QED) is 0.787. The van der Waals surface area contributed by atoms with Crippen molar-refractivity contribution in [2.24, 2.45) is 4.99 Å². The number of rotatable bonds is 2. The third-order valence-corrected chi connectivity index (χ3v) is 2.23. The van der Waals surface area contributed by atoms with E-state index in [9.17, 15) is 9.18 Å². The van der Waals surface area contributed by atoms with Gasteiger partial charge in [0.15, 0.2) is 5.84 Å². The Morgan fingerprint density at radius 2 is 2.25 bits per heavy atom. The minimum absolute atomic E-state index is 0.169. The molecule has 5 heteroatoms. The van der Waals surface area contributed by atoms with Crippen LogP contribution in [-0.2, 0) is 4.79 Å². The van der Waals surface area contributed by atoms with E-state index in [1.807, 2.05) is 0 Å². The first-order chi connectivity index (χ1) is 7.77. The molecule has 0 bridgehead atoms. The summed E-state index contributed by atoms with van der Waals surface area (Å²) < 4.78 is 13.2. The van der Waals surface area contributed by atoms with Gasteiger partial charge in [-0.05, 0) is 18.6 Å². The highest BCUT2D eigenvalue weighted by atomic mass is 19.1. The topological polar surface area (TPSA) is 53.5 Å². The fourth-order valence-corrected chi connectivity index (χ4v) is 1.43. The van der Waals surface area contributed by atoms with Crippen molar-refractivity contribution in [3.63, 3.8) is 0 Å². The SMILES string of the molecule is O=C(Nc1ccccc1F)C1=NCCCN1. The molecule has 0 saturated heterocycles. The fraction of sp³-hybridized carbons (Fsp3) is 0.273. The van der Waals surface area contributed by atoms with Crippen LogP contribution in [0.1, 0.15) is 6.42 Å². The van der Waals surface area contributed by atoms with E-state index < -0.39 is 11.7 Å². The van der Waals surface area contributed by atoms with Gasteiger partial charge in [-0.25, -0.2) is 4.39 Å². The average molecular weight is 221 g/mol. The molecule has 84 valence electrons. The van der Waals surface area contributed by atoms with E-state index >= 15 is 0 Å². The number of hydrogen-bond acceptors (Lipinski definition) is 3. The summed E-state index contributed by atoms with van der Waals surface area (Å²) in [5.74, 6) is -0.577. The highest BCUT2D eigenvalue weighted by Gasteiger charge is 2.14. The molecule has 1 aromatic carbocycles. The van der Waals surface area contributed by atoms with Crippen molar-refractivity contribution in [2.75, 3.05) is 18.4 Å². The summed E-state index contributed by atoms with van der Waals surface area (Å²) in [6.45, 7) is 1.36. The van der Waals surface area contributed by atoms with Crippen molar-refractivity contribution in [1.29, 1.82) is 0 Å². The van der Waals surface area contributed by atoms with Gasteiger partial charge < -0.3 is 10.6 Å². The Hall–Kier alpha value is -1.91. The van der Waals surface area contributed by atoms with Crippen LogP contribution in [0, 0.1) is 5.82 Å². The average Bonchev–Trinajstić information content (AvgIpc) is 2.33. The number of nitrogens with zero attached hydrogens (tertiary/aromatic N) is 1. The van der Waals surface area contributed by atoms with Gasteiger partial charge in [0.05, 0.1) is 5.69 Å². The number of amides is 1. The van der Waals surface area contributed by atoms with Crippen molar-refractivity contribution in [2.45, 2.75) is 6.42 Å². The van der Waals surface area contributed by atoms with Crippen molar-refractivity contribution in [3.8, 4) is 0 Å². The molecule has 0 unspecified atom stereocenters. The van der Waals surface area contributed by atoms with Gasteiger partial charge in [-0.2, -0.15) is 0 Å². The molecular weight excluding hydrogens is 209 g/mol. The number of nitrogens with one attached hydrogen (secondary N) is 2. The molecule has 1 aliphatic heterocycles. The zero-order valence-corrected chi connectivity index (χ0v) is 8.66. The largest absolute Gasteiger partial charge is 0.366 e. The van der Waals surface area contributed by atoms with Crippen LogP contribution < -0.4 is 10.6 Å². The normalized spacial score (nSPS) is 14.9. The third kappa shape index (κ3) is 2.36. The predicted molar refractivity (Wildman–Crippen MR) is 60.0 cm³/mol. The van der Waals surface area contributed by atoms with E-state index in [2.05, 4.69) is 15.6 Å². The van der Waals surface area contributed by atoms with Gasteiger partial charge in [0.1, 0.15) is 5.82 Å². The number of para-hydroxylation sites is 1. The van der Waals surface area contributed by atoms with Crippen LogP contribution in [-0.4, -0.2) is 24.8 Å². The van der Waals surface area contributed by atoms with Crippen molar-refractivity contribution < 1.29 is 9.18 Å². The number of anilines is 1. The highest BCUT2D eigenvalue weighted by Crippen LogP contribution is 2.12. The van der Waals surface area contributed by atoms with Gasteiger partial charge in [-0.3, -0.25) is 9.79 Å². The molecule has 0 radical (unpaired) electrons. The maximum Gasteiger partial charge on any atom is 0.290 e. The second-order valence-corrected chi connectivity index (χ2v) is 3.44. The molecule has 4 nitrogen and oxygen atoms in total. The summed E-state index contributed by atoms with van der Waals surface area (Å²) in [5, 5.41) is 5.35. The van der Waals surface area contributed by atoms with Crippen LogP contribution in [0.25, 0.3) is 0 Å². The number of halogens is 1. The van der Waals surface area contributed by atoms with E-state index in [1.54, 1.807) is 12.1 Å². The molecule has 0 spiro atoms. The zero-order chi connectivity index (χ0) is 11.4. The molecule has 0 saturated carbocycles. The minimum atomic E-state index is -0.452. The Bertz CT molecular complexity index is 431. The molecule has 0 atom stereocenters. The summed E-state index contributed by atoms with van der Waals surface area (Å²) in [7, 11) is 0. The predicted octanol–water partition coefficient (Wildman–Crippen LogP) is 1.16. The van der Waals surface area contributed by atoms with Gasteiger partial charge in [-0.1, -0.05) is 12.1 Å². The fourth-order valence-electron chi connectivity index (χ4n) is 1.43. The first-order valence-corrected chi connectivity index (χ1v) is 5.11. The summed E-state index contributed by atoms with van der Waals surface area (Å²) in [5.41, 5.74) is 0.169. The molecule has 1 heterocycles. The number of carbonyl (C=O) groups excluding carboxylic acids is 1. The molecule has 2 rings (SSSR count). The monoisotopic (exact) mass is 221 g/mol. The third-order valence-electron chi connectivity index (χ3n) is 2.23. The van der Waals surface area contributed by atoms with Crippen molar-refractivity contribution in [3.05, 3.63) is 30.1 Å². The summed E-state index contributed by atoms with van der Waals surface area (Å²) >= 11 is 0. The number of aliphatic imine (C=N–C) groups is 1. The van der Waals surface area contributed by atoms with Crippen molar-refractivity contribution in [1.82, 2.24) is 5.32 Å². The maximum atomic E-state index is 13.2. The molecular formula is C11H12FN3O. The highest BCUT2D eigenvalue weighted by molar-refractivity contribution is 6.42. The van der Waals surface area contributed by atoms with Gasteiger partial charge in [-0.15, -0.1) is 0 Å². The second kappa shape index (κ2) is 4.74. The molecule has 0 fully saturated rings. The van der Waals surface area contributed by atoms with E-state index in [0.717, 1.165) is 13.0 Å². The molecule has 0 aliphatic carbocycles. The van der Waals surface area contributed by atoms with Gasteiger partial charge >= 0.3 is 0 Å². The van der Waals surface area contributed by atoms with E-state index in [1.165, 1.54) is 12.1 Å². The Labute approximate surface area is 92.6 Å². The van der Waals surface area contributed by atoms with Gasteiger partial charge in [0, 0.05) is 13.1 Å². The van der Waals surface area contributed by atoms with Crippen LogP contribution in [0.4, 0.5) is 10.1 Å². The van der Waals surface area contributed by atoms with Crippen LogP contribution in [0.3, 0.4) is 0 Å². The Balaban J connectivity index is 2.07. The molecule has 0 aromatic heterocycles. The Morgan fingerprint density at radius 3 is 2.94 bits per heavy atom. The summed E-state index contributed by atoms with van der Waals surface area (Å²) in [6, 6.07) is 6.04. The first-order valence-electron chi connectivity index (χ1n) is 5.11. The lowest BCUT2D eigenvalue weighted by atomic mass is 10.3. The lowest BCUT2D eigenvalue weighted by Gasteiger charge is -2.14. The molecule has 1 aliphatic rings. The van der Waals surface area contributed by atoms with Gasteiger partial charge in [0.2, 0.25) is 0 Å². The van der Waals surface area contributed by atoms with Crippen LogP contribution >= 0.6 is 0 Å². The zero-order valence-electron chi connectivity index (χ0n) is 8.66. The minimum Gasteiger partial charge on any atom is -0.366 e. The lowest BCUT2D eigenvalue weighted by Crippen LogP contribution is -2.39.